The molecule has 0 spiro atoms. The molecule has 0 aromatic carbocycles. The SMILES string of the molecule is CCSc1cc(N)n(-c2cc(C)ncn2)n1. The second kappa shape index (κ2) is 4.52. The first-order valence-electron chi connectivity index (χ1n) is 4.98. The largest absolute Gasteiger partial charge is 0.383 e. The van der Waals surface area contributed by atoms with E-state index >= 15 is 0 Å². The van der Waals surface area contributed by atoms with Crippen LogP contribution in [-0.4, -0.2) is 25.5 Å². The third kappa shape index (κ3) is 2.16. The minimum Gasteiger partial charge on any atom is -0.383 e. The molecule has 0 saturated heterocycles. The summed E-state index contributed by atoms with van der Waals surface area (Å²) in [5.41, 5.74) is 6.77. The van der Waals surface area contributed by atoms with Gasteiger partial charge >= 0.3 is 0 Å². The summed E-state index contributed by atoms with van der Waals surface area (Å²) in [6.45, 7) is 3.99. The van der Waals surface area contributed by atoms with Crippen LogP contribution >= 0.6 is 11.8 Å². The lowest BCUT2D eigenvalue weighted by Crippen LogP contribution is -2.04. The molecule has 84 valence electrons. The van der Waals surface area contributed by atoms with Crippen LogP contribution < -0.4 is 5.73 Å². The van der Waals surface area contributed by atoms with Gasteiger partial charge in [-0.05, 0) is 12.7 Å². The number of nitrogens with two attached hydrogens (primary N) is 1. The van der Waals surface area contributed by atoms with Crippen LogP contribution in [0.15, 0.2) is 23.5 Å². The second-order valence-corrected chi connectivity index (χ2v) is 4.55. The summed E-state index contributed by atoms with van der Waals surface area (Å²) in [4.78, 5) is 8.18. The lowest BCUT2D eigenvalue weighted by Gasteiger charge is -2.02. The fourth-order valence-electron chi connectivity index (χ4n) is 1.33. The van der Waals surface area contributed by atoms with Gasteiger partial charge in [-0.2, -0.15) is 9.78 Å². The van der Waals surface area contributed by atoms with Crippen LogP contribution in [0.5, 0.6) is 0 Å². The van der Waals surface area contributed by atoms with E-state index in [1.807, 2.05) is 19.1 Å². The third-order valence-electron chi connectivity index (χ3n) is 2.01. The Morgan fingerprint density at radius 1 is 1.38 bits per heavy atom. The summed E-state index contributed by atoms with van der Waals surface area (Å²) in [5.74, 6) is 2.27. The van der Waals surface area contributed by atoms with Gasteiger partial charge in [-0.15, -0.1) is 11.8 Å². The minimum atomic E-state index is 0.592. The normalized spacial score (nSPS) is 10.6. The highest BCUT2D eigenvalue weighted by molar-refractivity contribution is 7.99. The highest BCUT2D eigenvalue weighted by Gasteiger charge is 2.07. The van der Waals surface area contributed by atoms with Crippen molar-refractivity contribution in [2.24, 2.45) is 0 Å². The van der Waals surface area contributed by atoms with Crippen molar-refractivity contribution in [3.05, 3.63) is 24.2 Å². The fourth-order valence-corrected chi connectivity index (χ4v) is 1.97. The lowest BCUT2D eigenvalue weighted by atomic mass is 10.4. The maximum Gasteiger partial charge on any atom is 0.159 e. The van der Waals surface area contributed by atoms with Gasteiger partial charge in [-0.1, -0.05) is 6.92 Å². The number of hydrogen-bond donors (Lipinski definition) is 1. The highest BCUT2D eigenvalue weighted by atomic mass is 32.2. The number of aryl methyl sites for hydroxylation is 1. The Morgan fingerprint density at radius 3 is 2.88 bits per heavy atom. The first kappa shape index (κ1) is 10.9. The summed E-state index contributed by atoms with van der Waals surface area (Å²) in [6.07, 6.45) is 1.51. The van der Waals surface area contributed by atoms with Crippen LogP contribution in [0.2, 0.25) is 0 Å². The fraction of sp³-hybridized carbons (Fsp3) is 0.300. The zero-order valence-corrected chi connectivity index (χ0v) is 10.0. The predicted octanol–water partition coefficient (Wildman–Crippen LogP) is 1.66. The molecule has 0 radical (unpaired) electrons. The van der Waals surface area contributed by atoms with Gasteiger partial charge in [0.05, 0.1) is 0 Å². The summed E-state index contributed by atoms with van der Waals surface area (Å²) in [7, 11) is 0. The molecule has 0 unspecified atom stereocenters. The molecule has 16 heavy (non-hydrogen) atoms. The smallest absolute Gasteiger partial charge is 0.159 e. The van der Waals surface area contributed by atoms with Crippen molar-refractivity contribution in [1.29, 1.82) is 0 Å². The predicted molar refractivity (Wildman–Crippen MR) is 64.7 cm³/mol. The Morgan fingerprint density at radius 2 is 2.19 bits per heavy atom. The van der Waals surface area contributed by atoms with E-state index in [-0.39, 0.29) is 0 Å². The Hall–Kier alpha value is -1.56. The second-order valence-electron chi connectivity index (χ2n) is 3.27. The van der Waals surface area contributed by atoms with E-state index in [4.69, 9.17) is 5.73 Å². The number of thioether (sulfide) groups is 1. The van der Waals surface area contributed by atoms with Crippen LogP contribution in [0.3, 0.4) is 0 Å². The summed E-state index contributed by atoms with van der Waals surface area (Å²) >= 11 is 1.65. The zero-order chi connectivity index (χ0) is 11.5. The van der Waals surface area contributed by atoms with Crippen LogP contribution in [0, 0.1) is 6.92 Å². The average Bonchev–Trinajstić information content (AvgIpc) is 2.60. The van der Waals surface area contributed by atoms with Crippen LogP contribution in [-0.2, 0) is 0 Å². The van der Waals surface area contributed by atoms with E-state index in [2.05, 4.69) is 22.0 Å². The molecule has 0 fully saturated rings. The lowest BCUT2D eigenvalue weighted by molar-refractivity contribution is 0.810. The van der Waals surface area contributed by atoms with E-state index in [1.54, 1.807) is 16.4 Å². The molecule has 0 aliphatic carbocycles. The van der Waals surface area contributed by atoms with Crippen LogP contribution in [0.4, 0.5) is 5.82 Å². The molecule has 2 aromatic rings. The number of hydrogen-bond acceptors (Lipinski definition) is 5. The van der Waals surface area contributed by atoms with Gasteiger partial charge in [0.2, 0.25) is 0 Å². The number of aromatic nitrogens is 4. The van der Waals surface area contributed by atoms with Crippen molar-refractivity contribution in [3.8, 4) is 5.82 Å². The molecule has 2 rings (SSSR count). The van der Waals surface area contributed by atoms with Gasteiger partial charge in [-0.3, -0.25) is 0 Å². The Labute approximate surface area is 98.1 Å². The topological polar surface area (TPSA) is 69.6 Å². The molecular weight excluding hydrogens is 222 g/mol. The van der Waals surface area contributed by atoms with Gasteiger partial charge in [-0.25, -0.2) is 9.97 Å². The van der Waals surface area contributed by atoms with Gasteiger partial charge in [0.25, 0.3) is 0 Å². The first-order valence-corrected chi connectivity index (χ1v) is 5.96. The Kier molecular flexibility index (Phi) is 3.09. The molecule has 0 amide bonds. The van der Waals surface area contributed by atoms with E-state index in [9.17, 15) is 0 Å². The van der Waals surface area contributed by atoms with Gasteiger partial charge in [0.15, 0.2) is 5.82 Å². The number of rotatable bonds is 3. The van der Waals surface area contributed by atoms with Crippen molar-refractivity contribution in [2.75, 3.05) is 11.5 Å². The molecular formula is C10H13N5S. The first-order chi connectivity index (χ1) is 7.70. The van der Waals surface area contributed by atoms with Crippen molar-refractivity contribution in [3.63, 3.8) is 0 Å². The monoisotopic (exact) mass is 235 g/mol. The zero-order valence-electron chi connectivity index (χ0n) is 9.21. The standard InChI is InChI=1S/C10H13N5S/c1-3-16-10-5-8(11)15(14-10)9-4-7(2)12-6-13-9/h4-6H,3,11H2,1-2H3. The van der Waals surface area contributed by atoms with Crippen molar-refractivity contribution in [1.82, 2.24) is 19.7 Å². The van der Waals surface area contributed by atoms with E-state index in [0.29, 0.717) is 11.6 Å². The van der Waals surface area contributed by atoms with E-state index < -0.39 is 0 Å². The van der Waals surface area contributed by atoms with Crippen LogP contribution in [0.25, 0.3) is 5.82 Å². The molecule has 0 bridgehead atoms. The maximum atomic E-state index is 5.88. The van der Waals surface area contributed by atoms with E-state index in [1.165, 1.54) is 6.33 Å². The summed E-state index contributed by atoms with van der Waals surface area (Å²) in [6, 6.07) is 3.70. The van der Waals surface area contributed by atoms with Gasteiger partial charge in [0.1, 0.15) is 17.2 Å². The summed E-state index contributed by atoms with van der Waals surface area (Å²) < 4.78 is 1.63. The van der Waals surface area contributed by atoms with Crippen molar-refractivity contribution < 1.29 is 0 Å². The summed E-state index contributed by atoms with van der Waals surface area (Å²) in [5, 5.41) is 5.29. The maximum absolute atomic E-state index is 5.88. The molecule has 2 heterocycles. The highest BCUT2D eigenvalue weighted by Crippen LogP contribution is 2.20. The number of nitrogen functional groups attached to an aromatic ring is 1. The number of anilines is 1. The number of nitrogens with zero attached hydrogens (tertiary/aromatic N) is 4. The molecule has 2 aromatic heterocycles. The quantitative estimate of drug-likeness (QED) is 0.819. The molecule has 0 aliphatic rings. The van der Waals surface area contributed by atoms with Crippen LogP contribution in [0.1, 0.15) is 12.6 Å². The van der Waals surface area contributed by atoms with Gasteiger partial charge in [0, 0.05) is 17.8 Å². The Balaban J connectivity index is 2.40. The molecule has 5 nitrogen and oxygen atoms in total. The van der Waals surface area contributed by atoms with Crippen molar-refractivity contribution in [2.45, 2.75) is 18.9 Å². The average molecular weight is 235 g/mol. The van der Waals surface area contributed by atoms with E-state index in [0.717, 1.165) is 16.5 Å². The molecule has 0 atom stereocenters. The molecule has 2 N–H and O–H groups in total. The Bertz CT molecular complexity index is 494. The minimum absolute atomic E-state index is 0.592. The molecule has 6 heteroatoms. The molecule has 0 aliphatic heterocycles. The van der Waals surface area contributed by atoms with Crippen molar-refractivity contribution >= 4 is 17.6 Å². The third-order valence-corrected chi connectivity index (χ3v) is 2.80. The molecule has 0 saturated carbocycles. The van der Waals surface area contributed by atoms with Gasteiger partial charge < -0.3 is 5.73 Å².